The van der Waals surface area contributed by atoms with E-state index >= 15 is 0 Å². The van der Waals surface area contributed by atoms with E-state index in [1.165, 1.54) is 6.20 Å². The van der Waals surface area contributed by atoms with Gasteiger partial charge in [-0.05, 0) is 54.8 Å². The van der Waals surface area contributed by atoms with Crippen LogP contribution in [-0.2, 0) is 32.6 Å². The number of nitrogens with one attached hydrogen (secondary N) is 3. The highest BCUT2D eigenvalue weighted by Gasteiger charge is 2.33. The van der Waals surface area contributed by atoms with Crippen molar-refractivity contribution in [2.24, 2.45) is 7.05 Å². The Kier molecular flexibility index (Phi) is 7.11. The Labute approximate surface area is 262 Å². The van der Waals surface area contributed by atoms with E-state index in [0.717, 1.165) is 33.5 Å². The Bertz CT molecular complexity index is 1910. The minimum Gasteiger partial charge on any atom is -0.351 e. The van der Waals surface area contributed by atoms with Crippen molar-refractivity contribution >= 4 is 75.0 Å². The lowest BCUT2D eigenvalue weighted by atomic mass is 9.92. The lowest BCUT2D eigenvalue weighted by molar-refractivity contribution is -0.134. The number of benzene rings is 2. The van der Waals surface area contributed by atoms with Gasteiger partial charge in [-0.15, -0.1) is 0 Å². The summed E-state index contributed by atoms with van der Waals surface area (Å²) in [7, 11) is 3.56. The van der Waals surface area contributed by atoms with Crippen molar-refractivity contribution in [2.45, 2.75) is 44.1 Å². The third-order valence-electron chi connectivity index (χ3n) is 8.66. The number of aromatic nitrogens is 4. The Hall–Kier alpha value is -5.04. The number of likely N-dealkylation sites (N-methyl/N-ethyl adjacent to an activating group) is 1. The second-order valence-electron chi connectivity index (χ2n) is 11.6. The highest BCUT2D eigenvalue weighted by atomic mass is 35.5. The highest BCUT2D eigenvalue weighted by Crippen LogP contribution is 2.34. The molecule has 4 aromatic rings. The molecule has 45 heavy (non-hydrogen) atoms. The number of hydrogen-bond acceptors (Lipinski definition) is 9. The van der Waals surface area contributed by atoms with E-state index in [2.05, 4.69) is 31.0 Å². The summed E-state index contributed by atoms with van der Waals surface area (Å²) in [6, 6.07) is 11.2. The van der Waals surface area contributed by atoms with Gasteiger partial charge in [-0.3, -0.25) is 29.2 Å². The molecule has 4 amide bonds. The summed E-state index contributed by atoms with van der Waals surface area (Å²) >= 11 is 6.40. The SMILES string of the molecule is CN1C(=O)Cc2cc(Nc3nc(NC4CCN(c5ccc6c(C7CCC(=O)NC7=O)nn(C)c6c5)C(=O)C4)ncc3Cl)ccc21. The molecule has 0 bridgehead atoms. The molecule has 0 aliphatic carbocycles. The van der Waals surface area contributed by atoms with Crippen LogP contribution in [0.25, 0.3) is 10.9 Å². The molecule has 3 aliphatic rings. The van der Waals surface area contributed by atoms with Crippen molar-refractivity contribution in [1.82, 2.24) is 25.1 Å². The van der Waals surface area contributed by atoms with Crippen molar-refractivity contribution in [3.63, 3.8) is 0 Å². The van der Waals surface area contributed by atoms with Crippen LogP contribution >= 0.6 is 11.6 Å². The first-order chi connectivity index (χ1) is 21.6. The standard InChI is InChI=1S/C31H30ClN9O4/c1-39-23-7-3-17(11-16(23)12-26(39)43)34-29-22(32)15-33-31(37-29)35-18-9-10-41(27(44)13-18)19-4-5-20-24(14-19)40(2)38-28(20)21-6-8-25(42)36-30(21)45/h3-5,7,11,14-15,18,21H,6,8-10,12-13H2,1-2H3,(H,36,42,45)(H2,33,34,35,37). The summed E-state index contributed by atoms with van der Waals surface area (Å²) in [5.41, 5.74) is 4.75. The molecule has 2 aromatic carbocycles. The van der Waals surface area contributed by atoms with E-state index in [4.69, 9.17) is 11.6 Å². The average molecular weight is 628 g/mol. The number of hydrogen-bond donors (Lipinski definition) is 3. The number of nitrogens with zero attached hydrogens (tertiary/aromatic N) is 6. The van der Waals surface area contributed by atoms with Gasteiger partial charge in [-0.2, -0.15) is 10.1 Å². The maximum Gasteiger partial charge on any atom is 0.235 e. The van der Waals surface area contributed by atoms with Gasteiger partial charge in [-0.25, -0.2) is 4.98 Å². The molecule has 230 valence electrons. The second kappa shape index (κ2) is 11.1. The third kappa shape index (κ3) is 5.33. The maximum absolute atomic E-state index is 13.3. The quantitative estimate of drug-likeness (QED) is 0.273. The van der Waals surface area contributed by atoms with Crippen LogP contribution in [0.4, 0.5) is 28.8 Å². The van der Waals surface area contributed by atoms with Gasteiger partial charge in [0.1, 0.15) is 5.02 Å². The van der Waals surface area contributed by atoms with Gasteiger partial charge >= 0.3 is 0 Å². The normalized spacial score (nSPS) is 20.1. The molecule has 2 aromatic heterocycles. The topological polar surface area (TPSA) is 154 Å². The second-order valence-corrected chi connectivity index (χ2v) is 12.0. The minimum atomic E-state index is -0.493. The lowest BCUT2D eigenvalue weighted by Crippen LogP contribution is -2.43. The molecule has 2 fully saturated rings. The van der Waals surface area contributed by atoms with Crippen LogP contribution in [0.15, 0.2) is 42.6 Å². The average Bonchev–Trinajstić information content (AvgIpc) is 3.48. The summed E-state index contributed by atoms with van der Waals surface area (Å²) in [4.78, 5) is 61.7. The molecule has 0 radical (unpaired) electrons. The molecular weight excluding hydrogens is 598 g/mol. The van der Waals surface area contributed by atoms with E-state index in [1.54, 1.807) is 28.6 Å². The number of carbonyl (C=O) groups excluding carboxylic acids is 4. The zero-order valence-electron chi connectivity index (χ0n) is 24.6. The summed E-state index contributed by atoms with van der Waals surface area (Å²) in [6.07, 6.45) is 3.45. The summed E-state index contributed by atoms with van der Waals surface area (Å²) in [5.74, 6) is -0.327. The molecule has 3 N–H and O–H groups in total. The van der Waals surface area contributed by atoms with Crippen molar-refractivity contribution in [1.29, 1.82) is 0 Å². The highest BCUT2D eigenvalue weighted by molar-refractivity contribution is 6.33. The van der Waals surface area contributed by atoms with E-state index < -0.39 is 5.92 Å². The first-order valence-electron chi connectivity index (χ1n) is 14.7. The number of piperidine rings is 2. The predicted octanol–water partition coefficient (Wildman–Crippen LogP) is 3.41. The molecule has 2 saturated heterocycles. The summed E-state index contributed by atoms with van der Waals surface area (Å²) in [6.45, 7) is 0.487. The first-order valence-corrected chi connectivity index (χ1v) is 15.1. The van der Waals surface area contributed by atoms with Gasteiger partial charge in [0.2, 0.25) is 29.6 Å². The van der Waals surface area contributed by atoms with Crippen molar-refractivity contribution in [2.75, 3.05) is 34.0 Å². The van der Waals surface area contributed by atoms with Crippen LogP contribution in [0.5, 0.6) is 0 Å². The van der Waals surface area contributed by atoms with Crippen molar-refractivity contribution < 1.29 is 19.2 Å². The van der Waals surface area contributed by atoms with Crippen molar-refractivity contribution in [3.05, 3.63) is 58.9 Å². The Morgan fingerprint density at radius 2 is 1.87 bits per heavy atom. The number of halogens is 1. The fraction of sp³-hybridized carbons (Fsp3) is 0.323. The number of carbonyl (C=O) groups is 4. The number of imide groups is 1. The van der Waals surface area contributed by atoms with E-state index in [0.29, 0.717) is 48.3 Å². The van der Waals surface area contributed by atoms with Gasteiger partial charge < -0.3 is 20.4 Å². The van der Waals surface area contributed by atoms with Crippen molar-refractivity contribution in [3.8, 4) is 0 Å². The molecule has 0 spiro atoms. The van der Waals surface area contributed by atoms with Gasteiger partial charge in [0.25, 0.3) is 0 Å². The number of fused-ring (bicyclic) bond motifs is 2. The first kappa shape index (κ1) is 28.7. The Morgan fingerprint density at radius 1 is 1.02 bits per heavy atom. The molecule has 2 atom stereocenters. The van der Waals surface area contributed by atoms with Crippen LogP contribution < -0.4 is 25.8 Å². The molecule has 14 heteroatoms. The molecule has 7 rings (SSSR count). The largest absolute Gasteiger partial charge is 0.351 e. The minimum absolute atomic E-state index is 0.0457. The maximum atomic E-state index is 13.3. The van der Waals surface area contributed by atoms with E-state index in [9.17, 15) is 19.2 Å². The van der Waals surface area contributed by atoms with Gasteiger partial charge in [0, 0.05) is 62.0 Å². The molecular formula is C31H30ClN9O4. The molecule has 13 nitrogen and oxygen atoms in total. The fourth-order valence-corrected chi connectivity index (χ4v) is 6.41. The van der Waals surface area contributed by atoms with Crippen LogP contribution in [0.2, 0.25) is 5.02 Å². The number of amides is 4. The lowest BCUT2D eigenvalue weighted by Gasteiger charge is -2.32. The summed E-state index contributed by atoms with van der Waals surface area (Å²) < 4.78 is 1.71. The zero-order valence-corrected chi connectivity index (χ0v) is 25.4. The molecule has 2 unspecified atom stereocenters. The third-order valence-corrected chi connectivity index (χ3v) is 8.94. The number of aryl methyl sites for hydroxylation is 1. The Balaban J connectivity index is 1.03. The van der Waals surface area contributed by atoms with E-state index in [1.807, 2.05) is 36.4 Å². The van der Waals surface area contributed by atoms with Gasteiger partial charge in [0.15, 0.2) is 5.82 Å². The van der Waals surface area contributed by atoms with Crippen LogP contribution in [0, 0.1) is 0 Å². The van der Waals surface area contributed by atoms with Crippen LogP contribution in [-0.4, -0.2) is 63.0 Å². The molecule has 0 saturated carbocycles. The number of rotatable bonds is 6. The summed E-state index contributed by atoms with van der Waals surface area (Å²) in [5, 5.41) is 14.7. The Morgan fingerprint density at radius 3 is 2.67 bits per heavy atom. The van der Waals surface area contributed by atoms with Crippen LogP contribution in [0.3, 0.4) is 0 Å². The number of anilines is 5. The van der Waals surface area contributed by atoms with Gasteiger partial charge in [-0.1, -0.05) is 11.6 Å². The monoisotopic (exact) mass is 627 g/mol. The molecule has 5 heterocycles. The zero-order chi connectivity index (χ0) is 31.4. The predicted molar refractivity (Wildman–Crippen MR) is 169 cm³/mol. The smallest absolute Gasteiger partial charge is 0.235 e. The van der Waals surface area contributed by atoms with Gasteiger partial charge in [0.05, 0.1) is 29.7 Å². The van der Waals surface area contributed by atoms with Crippen LogP contribution in [0.1, 0.15) is 42.9 Å². The fourth-order valence-electron chi connectivity index (χ4n) is 6.27. The van der Waals surface area contributed by atoms with E-state index in [-0.39, 0.29) is 42.5 Å². The molecule has 3 aliphatic heterocycles.